The van der Waals surface area contributed by atoms with Gasteiger partial charge in [0.1, 0.15) is 0 Å². The molecule has 2 saturated carbocycles. The summed E-state index contributed by atoms with van der Waals surface area (Å²) in [6.45, 7) is 0.584. The van der Waals surface area contributed by atoms with Gasteiger partial charge in [-0.3, -0.25) is 0 Å². The SMILES string of the molecule is NC1CCCC(CNS(=O)(=O)CCC2CCC2)C1. The quantitative estimate of drug-likeness (QED) is 0.773. The predicted octanol–water partition coefficient (Wildman–Crippen LogP) is 1.61. The van der Waals surface area contributed by atoms with Crippen molar-refractivity contribution >= 4 is 10.0 Å². The van der Waals surface area contributed by atoms with Gasteiger partial charge in [-0.25, -0.2) is 13.1 Å². The van der Waals surface area contributed by atoms with Crippen molar-refractivity contribution in [1.82, 2.24) is 4.72 Å². The summed E-state index contributed by atoms with van der Waals surface area (Å²) >= 11 is 0. The van der Waals surface area contributed by atoms with Crippen LogP contribution in [0.2, 0.25) is 0 Å². The second-order valence-corrected chi connectivity index (χ2v) is 7.97. The summed E-state index contributed by atoms with van der Waals surface area (Å²) in [7, 11) is -3.06. The van der Waals surface area contributed by atoms with Gasteiger partial charge in [-0.05, 0) is 37.5 Å². The lowest BCUT2D eigenvalue weighted by molar-refractivity contribution is 0.306. The van der Waals surface area contributed by atoms with Crippen molar-refractivity contribution in [1.29, 1.82) is 0 Å². The van der Waals surface area contributed by atoms with E-state index in [9.17, 15) is 8.42 Å². The normalized spacial score (nSPS) is 30.1. The molecule has 3 N–H and O–H groups in total. The number of nitrogens with one attached hydrogen (secondary N) is 1. The molecular formula is C13H26N2O2S. The molecule has 0 saturated heterocycles. The summed E-state index contributed by atoms with van der Waals surface area (Å²) in [4.78, 5) is 0. The summed E-state index contributed by atoms with van der Waals surface area (Å²) < 4.78 is 26.5. The number of hydrogen-bond donors (Lipinski definition) is 2. The van der Waals surface area contributed by atoms with Gasteiger partial charge in [0.2, 0.25) is 10.0 Å². The Kier molecular flexibility index (Phi) is 5.04. The van der Waals surface area contributed by atoms with Crippen molar-refractivity contribution in [3.8, 4) is 0 Å². The van der Waals surface area contributed by atoms with Crippen molar-refractivity contribution in [2.75, 3.05) is 12.3 Å². The van der Waals surface area contributed by atoms with Gasteiger partial charge in [0.15, 0.2) is 0 Å². The molecule has 2 rings (SSSR count). The predicted molar refractivity (Wildman–Crippen MR) is 73.7 cm³/mol. The van der Waals surface area contributed by atoms with Crippen LogP contribution in [0, 0.1) is 11.8 Å². The first-order valence-electron chi connectivity index (χ1n) is 7.28. The second-order valence-electron chi connectivity index (χ2n) is 6.05. The van der Waals surface area contributed by atoms with Gasteiger partial charge in [0, 0.05) is 12.6 Å². The van der Waals surface area contributed by atoms with E-state index >= 15 is 0 Å². The van der Waals surface area contributed by atoms with E-state index < -0.39 is 10.0 Å². The third-order valence-electron chi connectivity index (χ3n) is 4.43. The molecule has 2 aliphatic carbocycles. The average Bonchev–Trinajstić information content (AvgIpc) is 2.24. The first kappa shape index (κ1) is 14.3. The zero-order valence-corrected chi connectivity index (χ0v) is 11.9. The van der Waals surface area contributed by atoms with Crippen LogP contribution in [0.5, 0.6) is 0 Å². The Labute approximate surface area is 111 Å². The van der Waals surface area contributed by atoms with Crippen LogP contribution in [0.15, 0.2) is 0 Å². The van der Waals surface area contributed by atoms with Gasteiger partial charge in [0.05, 0.1) is 5.75 Å². The fourth-order valence-corrected chi connectivity index (χ4v) is 4.22. The van der Waals surface area contributed by atoms with Crippen molar-refractivity contribution in [3.63, 3.8) is 0 Å². The minimum atomic E-state index is -3.06. The van der Waals surface area contributed by atoms with Gasteiger partial charge in [-0.2, -0.15) is 0 Å². The topological polar surface area (TPSA) is 72.2 Å². The number of hydrogen-bond acceptors (Lipinski definition) is 3. The summed E-state index contributed by atoms with van der Waals surface area (Å²) in [5.41, 5.74) is 5.91. The lowest BCUT2D eigenvalue weighted by Crippen LogP contribution is -2.36. The first-order valence-corrected chi connectivity index (χ1v) is 8.93. The monoisotopic (exact) mass is 274 g/mol. The molecule has 2 unspecified atom stereocenters. The Morgan fingerprint density at radius 3 is 2.33 bits per heavy atom. The number of nitrogens with two attached hydrogens (primary N) is 1. The lowest BCUT2D eigenvalue weighted by atomic mass is 9.84. The van der Waals surface area contributed by atoms with Crippen molar-refractivity contribution in [2.45, 2.75) is 57.4 Å². The maximum absolute atomic E-state index is 11.9. The Morgan fingerprint density at radius 1 is 1.06 bits per heavy atom. The Morgan fingerprint density at radius 2 is 1.72 bits per heavy atom. The van der Waals surface area contributed by atoms with Gasteiger partial charge in [-0.15, -0.1) is 0 Å². The van der Waals surface area contributed by atoms with E-state index in [0.717, 1.165) is 32.1 Å². The molecule has 0 radical (unpaired) electrons. The van der Waals surface area contributed by atoms with Gasteiger partial charge in [0.25, 0.3) is 0 Å². The van der Waals surface area contributed by atoms with Crippen molar-refractivity contribution in [2.24, 2.45) is 17.6 Å². The summed E-state index contributed by atoms with van der Waals surface area (Å²) in [5, 5.41) is 0. The number of rotatable bonds is 6. The van der Waals surface area contributed by atoms with Crippen molar-refractivity contribution < 1.29 is 8.42 Å². The fourth-order valence-electron chi connectivity index (χ4n) is 2.94. The van der Waals surface area contributed by atoms with Gasteiger partial charge in [-0.1, -0.05) is 25.7 Å². The second kappa shape index (κ2) is 6.35. The van der Waals surface area contributed by atoms with Crippen LogP contribution in [-0.4, -0.2) is 26.8 Å². The van der Waals surface area contributed by atoms with Crippen LogP contribution in [0.1, 0.15) is 51.4 Å². The van der Waals surface area contributed by atoms with Gasteiger partial charge >= 0.3 is 0 Å². The van der Waals surface area contributed by atoms with E-state index in [1.165, 1.54) is 19.3 Å². The maximum atomic E-state index is 11.9. The molecule has 2 aliphatic rings. The molecular weight excluding hydrogens is 248 g/mol. The van der Waals surface area contributed by atoms with E-state index in [-0.39, 0.29) is 6.04 Å². The summed E-state index contributed by atoms with van der Waals surface area (Å²) in [6.07, 6.45) is 8.84. The third-order valence-corrected chi connectivity index (χ3v) is 5.81. The van der Waals surface area contributed by atoms with E-state index in [1.807, 2.05) is 0 Å². The molecule has 0 amide bonds. The van der Waals surface area contributed by atoms with Gasteiger partial charge < -0.3 is 5.73 Å². The largest absolute Gasteiger partial charge is 0.328 e. The molecule has 4 nitrogen and oxygen atoms in total. The Balaban J connectivity index is 1.67. The highest BCUT2D eigenvalue weighted by Gasteiger charge is 2.23. The fraction of sp³-hybridized carbons (Fsp3) is 1.00. The molecule has 0 heterocycles. The average molecular weight is 274 g/mol. The van der Waals surface area contributed by atoms with Crippen LogP contribution in [0.25, 0.3) is 0 Å². The Hall–Kier alpha value is -0.130. The molecule has 0 aromatic heterocycles. The molecule has 0 aromatic carbocycles. The summed E-state index contributed by atoms with van der Waals surface area (Å²) in [5.74, 6) is 1.40. The van der Waals surface area contributed by atoms with Crippen LogP contribution < -0.4 is 10.5 Å². The minimum absolute atomic E-state index is 0.267. The molecule has 0 spiro atoms. The lowest BCUT2D eigenvalue weighted by Gasteiger charge is -2.27. The number of sulfonamides is 1. The molecule has 2 atom stereocenters. The summed E-state index contributed by atoms with van der Waals surface area (Å²) in [6, 6.07) is 0.267. The molecule has 2 fully saturated rings. The molecule has 0 aliphatic heterocycles. The highest BCUT2D eigenvalue weighted by Crippen LogP contribution is 2.29. The molecule has 5 heteroatoms. The van der Waals surface area contributed by atoms with E-state index in [4.69, 9.17) is 5.73 Å². The van der Waals surface area contributed by atoms with E-state index in [1.54, 1.807) is 0 Å². The standard InChI is InChI=1S/C13H26N2O2S/c14-13-6-2-5-12(9-13)10-15-18(16,17)8-7-11-3-1-4-11/h11-13,15H,1-10,14H2. The zero-order valence-electron chi connectivity index (χ0n) is 11.1. The highest BCUT2D eigenvalue weighted by atomic mass is 32.2. The van der Waals surface area contributed by atoms with E-state index in [2.05, 4.69) is 4.72 Å². The maximum Gasteiger partial charge on any atom is 0.211 e. The van der Waals surface area contributed by atoms with Crippen molar-refractivity contribution in [3.05, 3.63) is 0 Å². The molecule has 0 aromatic rings. The molecule has 106 valence electrons. The van der Waals surface area contributed by atoms with Crippen LogP contribution in [-0.2, 0) is 10.0 Å². The first-order chi connectivity index (χ1) is 8.55. The third kappa shape index (κ3) is 4.52. The van der Waals surface area contributed by atoms with E-state index in [0.29, 0.717) is 24.1 Å². The molecule has 0 bridgehead atoms. The molecule has 18 heavy (non-hydrogen) atoms. The van der Waals surface area contributed by atoms with Crippen LogP contribution in [0.4, 0.5) is 0 Å². The van der Waals surface area contributed by atoms with Crippen LogP contribution in [0.3, 0.4) is 0 Å². The Bertz CT molecular complexity index is 352. The minimum Gasteiger partial charge on any atom is -0.328 e. The highest BCUT2D eigenvalue weighted by molar-refractivity contribution is 7.89. The smallest absolute Gasteiger partial charge is 0.211 e. The van der Waals surface area contributed by atoms with Crippen LogP contribution >= 0.6 is 0 Å². The zero-order chi connectivity index (χ0) is 13.0.